The number of hydrogen-bond donors (Lipinski definition) is 1. The smallest absolute Gasteiger partial charge is 0.306 e. The Bertz CT molecular complexity index is 409. The van der Waals surface area contributed by atoms with E-state index >= 15 is 0 Å². The van der Waals surface area contributed by atoms with Gasteiger partial charge in [0, 0.05) is 17.0 Å². The van der Waals surface area contributed by atoms with E-state index in [-0.39, 0.29) is 17.3 Å². The first-order valence-corrected chi connectivity index (χ1v) is 7.21. The minimum absolute atomic E-state index is 0.00486. The second-order valence-electron chi connectivity index (χ2n) is 4.25. The third-order valence-corrected chi connectivity index (χ3v) is 4.23. The Morgan fingerprint density at radius 3 is 2.74 bits per heavy atom. The van der Waals surface area contributed by atoms with Crippen LogP contribution in [-0.2, 0) is 9.53 Å². The third-order valence-electron chi connectivity index (χ3n) is 2.73. The van der Waals surface area contributed by atoms with Crippen LogP contribution in [0.2, 0.25) is 0 Å². The zero-order valence-electron chi connectivity index (χ0n) is 11.6. The first-order chi connectivity index (χ1) is 9.08. The maximum atomic E-state index is 11.1. The van der Waals surface area contributed by atoms with Crippen LogP contribution in [0.4, 0.5) is 0 Å². The molecule has 0 aliphatic heterocycles. The summed E-state index contributed by atoms with van der Waals surface area (Å²) in [5, 5.41) is 0.139. The van der Waals surface area contributed by atoms with Gasteiger partial charge in [0.05, 0.1) is 20.6 Å². The van der Waals surface area contributed by atoms with Gasteiger partial charge in [-0.1, -0.05) is 12.1 Å². The van der Waals surface area contributed by atoms with Gasteiger partial charge in [0.15, 0.2) is 0 Å². The van der Waals surface area contributed by atoms with Gasteiger partial charge < -0.3 is 15.2 Å². The van der Waals surface area contributed by atoms with Gasteiger partial charge in [-0.15, -0.1) is 0 Å². The van der Waals surface area contributed by atoms with E-state index in [4.69, 9.17) is 10.5 Å². The van der Waals surface area contributed by atoms with Crippen molar-refractivity contribution in [2.75, 3.05) is 20.0 Å². The highest BCUT2D eigenvalue weighted by molar-refractivity contribution is 7.99. The molecule has 0 aliphatic rings. The van der Waals surface area contributed by atoms with Gasteiger partial charge in [0.1, 0.15) is 5.75 Å². The van der Waals surface area contributed by atoms with E-state index in [2.05, 4.69) is 4.74 Å². The molecule has 4 nitrogen and oxygen atoms in total. The summed E-state index contributed by atoms with van der Waals surface area (Å²) in [6.45, 7) is 1.97. The van der Waals surface area contributed by atoms with Crippen LogP contribution in [0.15, 0.2) is 24.3 Å². The molecule has 0 aromatic heterocycles. The van der Waals surface area contributed by atoms with Crippen molar-refractivity contribution in [3.05, 3.63) is 29.8 Å². The summed E-state index contributed by atoms with van der Waals surface area (Å²) in [5.74, 6) is 1.31. The predicted molar refractivity (Wildman–Crippen MR) is 78.5 cm³/mol. The van der Waals surface area contributed by atoms with Gasteiger partial charge in [0.25, 0.3) is 0 Å². The zero-order valence-corrected chi connectivity index (χ0v) is 12.4. The maximum absolute atomic E-state index is 11.1. The number of carbonyl (C=O) groups excluding carboxylic acids is 1. The lowest BCUT2D eigenvalue weighted by Gasteiger charge is -2.21. The maximum Gasteiger partial charge on any atom is 0.306 e. The molecule has 19 heavy (non-hydrogen) atoms. The molecular formula is C14H21NO3S. The fraction of sp³-hybridized carbons (Fsp3) is 0.500. The summed E-state index contributed by atoms with van der Waals surface area (Å²) >= 11 is 1.66. The van der Waals surface area contributed by atoms with Crippen molar-refractivity contribution < 1.29 is 14.3 Å². The summed E-state index contributed by atoms with van der Waals surface area (Å²) in [7, 11) is 3.04. The normalized spacial score (nSPS) is 13.7. The monoisotopic (exact) mass is 283 g/mol. The second-order valence-corrected chi connectivity index (χ2v) is 5.50. The number of thioether (sulfide) groups is 1. The van der Waals surface area contributed by atoms with Crippen LogP contribution >= 0.6 is 11.8 Å². The molecule has 1 aromatic carbocycles. The molecule has 0 bridgehead atoms. The fourth-order valence-electron chi connectivity index (χ4n) is 1.74. The van der Waals surface area contributed by atoms with Crippen LogP contribution in [0.5, 0.6) is 5.75 Å². The second kappa shape index (κ2) is 8.07. The first-order valence-electron chi connectivity index (χ1n) is 6.16. The molecule has 0 radical (unpaired) electrons. The van der Waals surface area contributed by atoms with Crippen molar-refractivity contribution in [1.29, 1.82) is 0 Å². The lowest BCUT2D eigenvalue weighted by atomic mass is 10.1. The molecule has 0 saturated carbocycles. The predicted octanol–water partition coefficient (Wildman–Crippen LogP) is 2.38. The largest absolute Gasteiger partial charge is 0.497 e. The van der Waals surface area contributed by atoms with Crippen molar-refractivity contribution in [1.82, 2.24) is 0 Å². The van der Waals surface area contributed by atoms with Crippen LogP contribution in [0.3, 0.4) is 0 Å². The van der Waals surface area contributed by atoms with Crippen molar-refractivity contribution >= 4 is 17.7 Å². The standard InChI is InChI=1S/C14H21NO3S/c1-10(15)14(19-8-7-13(16)18-3)11-5-4-6-12(9-11)17-2/h4-6,9-10,14H,7-8,15H2,1-3H3. The van der Waals surface area contributed by atoms with Crippen LogP contribution < -0.4 is 10.5 Å². The minimum atomic E-state index is -0.193. The van der Waals surface area contributed by atoms with Crippen molar-refractivity contribution in [3.63, 3.8) is 0 Å². The number of esters is 1. The van der Waals surface area contributed by atoms with Gasteiger partial charge in [-0.25, -0.2) is 0 Å². The molecular weight excluding hydrogens is 262 g/mol. The van der Waals surface area contributed by atoms with Crippen molar-refractivity contribution in [3.8, 4) is 5.75 Å². The Morgan fingerprint density at radius 2 is 2.16 bits per heavy atom. The van der Waals surface area contributed by atoms with E-state index in [0.717, 1.165) is 11.3 Å². The Labute approximate surface area is 118 Å². The number of ether oxygens (including phenoxy) is 2. The zero-order chi connectivity index (χ0) is 14.3. The van der Waals surface area contributed by atoms with Crippen LogP contribution in [0.1, 0.15) is 24.2 Å². The molecule has 0 spiro atoms. The SMILES string of the molecule is COC(=O)CCSC(c1cccc(OC)c1)C(C)N. The quantitative estimate of drug-likeness (QED) is 0.778. The number of benzene rings is 1. The highest BCUT2D eigenvalue weighted by Gasteiger charge is 2.17. The molecule has 2 atom stereocenters. The first kappa shape index (κ1) is 15.9. The molecule has 0 saturated heterocycles. The number of methoxy groups -OCH3 is 2. The van der Waals surface area contributed by atoms with E-state index in [0.29, 0.717) is 12.2 Å². The highest BCUT2D eigenvalue weighted by Crippen LogP contribution is 2.33. The molecule has 0 amide bonds. The van der Waals surface area contributed by atoms with E-state index < -0.39 is 0 Å². The molecule has 1 rings (SSSR count). The number of rotatable bonds is 7. The summed E-state index contributed by atoms with van der Waals surface area (Å²) < 4.78 is 9.85. The van der Waals surface area contributed by atoms with Gasteiger partial charge >= 0.3 is 5.97 Å². The Morgan fingerprint density at radius 1 is 1.42 bits per heavy atom. The van der Waals surface area contributed by atoms with Crippen LogP contribution in [0, 0.1) is 0 Å². The summed E-state index contributed by atoms with van der Waals surface area (Å²) in [4.78, 5) is 11.1. The van der Waals surface area contributed by atoms with Crippen molar-refractivity contribution in [2.24, 2.45) is 5.73 Å². The van der Waals surface area contributed by atoms with Gasteiger partial charge in [-0.05, 0) is 24.6 Å². The summed E-state index contributed by atoms with van der Waals surface area (Å²) in [6, 6.07) is 7.86. The minimum Gasteiger partial charge on any atom is -0.497 e. The topological polar surface area (TPSA) is 61.5 Å². The van der Waals surface area contributed by atoms with E-state index in [9.17, 15) is 4.79 Å². The lowest BCUT2D eigenvalue weighted by molar-refractivity contribution is -0.140. The average molecular weight is 283 g/mol. The van der Waals surface area contributed by atoms with Gasteiger partial charge in [0.2, 0.25) is 0 Å². The third kappa shape index (κ3) is 5.12. The molecule has 1 aromatic rings. The van der Waals surface area contributed by atoms with E-state index in [1.54, 1.807) is 18.9 Å². The molecule has 0 heterocycles. The Kier molecular flexibility index (Phi) is 6.73. The number of nitrogens with two attached hydrogens (primary N) is 1. The molecule has 0 aliphatic carbocycles. The van der Waals surface area contributed by atoms with E-state index in [1.807, 2.05) is 31.2 Å². The van der Waals surface area contributed by atoms with Crippen LogP contribution in [0.25, 0.3) is 0 Å². The van der Waals surface area contributed by atoms with Gasteiger partial charge in [-0.2, -0.15) is 11.8 Å². The summed E-state index contributed by atoms with van der Waals surface area (Å²) in [5.41, 5.74) is 7.15. The molecule has 2 unspecified atom stereocenters. The molecule has 2 N–H and O–H groups in total. The Hall–Kier alpha value is -1.20. The molecule has 5 heteroatoms. The van der Waals surface area contributed by atoms with E-state index in [1.165, 1.54) is 7.11 Å². The van der Waals surface area contributed by atoms with Gasteiger partial charge in [-0.3, -0.25) is 4.79 Å². The summed E-state index contributed by atoms with van der Waals surface area (Å²) in [6.07, 6.45) is 0.397. The fourth-order valence-corrected chi connectivity index (χ4v) is 2.92. The lowest BCUT2D eigenvalue weighted by Crippen LogP contribution is -2.23. The number of hydrogen-bond acceptors (Lipinski definition) is 5. The molecule has 106 valence electrons. The van der Waals surface area contributed by atoms with Crippen molar-refractivity contribution in [2.45, 2.75) is 24.6 Å². The average Bonchev–Trinajstić information content (AvgIpc) is 2.42. The Balaban J connectivity index is 2.68. The number of carbonyl (C=O) groups is 1. The molecule has 0 fully saturated rings. The van der Waals surface area contributed by atoms with Crippen LogP contribution in [-0.4, -0.2) is 32.0 Å². The highest BCUT2D eigenvalue weighted by atomic mass is 32.2.